The summed E-state index contributed by atoms with van der Waals surface area (Å²) in [4.78, 5) is 0. The second-order valence-corrected chi connectivity index (χ2v) is 6.92. The minimum absolute atomic E-state index is 0.375. The van der Waals surface area contributed by atoms with Crippen molar-refractivity contribution in [1.82, 2.24) is 0 Å². The zero-order chi connectivity index (χ0) is 13.8. The molecule has 1 aliphatic rings. The Labute approximate surface area is 119 Å². The van der Waals surface area contributed by atoms with Crippen molar-refractivity contribution in [2.45, 2.75) is 77.6 Å². The van der Waals surface area contributed by atoms with Crippen molar-refractivity contribution in [3.05, 3.63) is 35.9 Å². The fourth-order valence-electron chi connectivity index (χ4n) is 4.04. The van der Waals surface area contributed by atoms with E-state index in [-0.39, 0.29) is 0 Å². The van der Waals surface area contributed by atoms with Gasteiger partial charge in [-0.2, -0.15) is 0 Å². The highest BCUT2D eigenvalue weighted by atomic mass is 14.5. The lowest BCUT2D eigenvalue weighted by atomic mass is 9.53. The number of rotatable bonds is 5. The van der Waals surface area contributed by atoms with Crippen LogP contribution in [0.5, 0.6) is 0 Å². The first-order valence-corrected chi connectivity index (χ1v) is 8.18. The molecule has 0 N–H and O–H groups in total. The maximum Gasteiger partial charge on any atom is -0.00215 e. The Bertz CT molecular complexity index is 380. The summed E-state index contributed by atoms with van der Waals surface area (Å²) in [6, 6.07) is 11.3. The van der Waals surface area contributed by atoms with Crippen LogP contribution in [0.1, 0.15) is 77.7 Å². The van der Waals surface area contributed by atoms with Gasteiger partial charge in [-0.3, -0.25) is 0 Å². The van der Waals surface area contributed by atoms with Gasteiger partial charge in [0.25, 0.3) is 0 Å². The lowest BCUT2D eigenvalue weighted by Crippen LogP contribution is -2.44. The van der Waals surface area contributed by atoms with Crippen LogP contribution in [0, 0.1) is 5.41 Å². The first-order valence-electron chi connectivity index (χ1n) is 8.18. The fourth-order valence-corrected chi connectivity index (χ4v) is 4.04. The van der Waals surface area contributed by atoms with Gasteiger partial charge in [-0.1, -0.05) is 83.2 Å². The van der Waals surface area contributed by atoms with E-state index in [1.54, 1.807) is 5.56 Å². The van der Waals surface area contributed by atoms with Gasteiger partial charge < -0.3 is 0 Å². The molecule has 0 saturated heterocycles. The van der Waals surface area contributed by atoms with Gasteiger partial charge >= 0.3 is 0 Å². The average molecular weight is 258 g/mol. The Morgan fingerprint density at radius 2 is 1.63 bits per heavy atom. The van der Waals surface area contributed by atoms with E-state index in [0.717, 1.165) is 0 Å². The third-order valence-corrected chi connectivity index (χ3v) is 5.73. The molecule has 0 bridgehead atoms. The monoisotopic (exact) mass is 258 g/mol. The molecule has 2 rings (SSSR count). The molecule has 106 valence electrons. The van der Waals surface area contributed by atoms with Crippen LogP contribution in [-0.2, 0) is 5.41 Å². The van der Waals surface area contributed by atoms with Gasteiger partial charge in [0.05, 0.1) is 0 Å². The number of hydrogen-bond acceptors (Lipinski definition) is 0. The number of hydrogen-bond donors (Lipinski definition) is 0. The van der Waals surface area contributed by atoms with Gasteiger partial charge in [-0.05, 0) is 35.7 Å². The summed E-state index contributed by atoms with van der Waals surface area (Å²) >= 11 is 0. The predicted octanol–water partition coefficient (Wildman–Crippen LogP) is 6.10. The molecular formula is C19H30. The number of benzene rings is 1. The van der Waals surface area contributed by atoms with E-state index in [4.69, 9.17) is 0 Å². The summed E-state index contributed by atoms with van der Waals surface area (Å²) in [5.74, 6) is 0. The second kappa shape index (κ2) is 6.11. The maximum absolute atomic E-state index is 2.55. The summed E-state index contributed by atoms with van der Waals surface area (Å²) in [7, 11) is 0. The smallest absolute Gasteiger partial charge is 0.00215 e. The maximum atomic E-state index is 2.55. The van der Waals surface area contributed by atoms with E-state index in [0.29, 0.717) is 10.8 Å². The second-order valence-electron chi connectivity index (χ2n) is 6.92. The first kappa shape index (κ1) is 14.6. The van der Waals surface area contributed by atoms with Gasteiger partial charge in [0, 0.05) is 0 Å². The van der Waals surface area contributed by atoms with Crippen LogP contribution in [0.25, 0.3) is 0 Å². The highest BCUT2D eigenvalue weighted by Gasteiger charge is 2.46. The number of unbranched alkanes of at least 4 members (excludes halogenated alkanes) is 2. The molecule has 0 nitrogen and oxygen atoms in total. The standard InChI is InChI=1S/C19H30/c1-4-5-9-14-18(2)15-10-11-16-19(18,3)17-12-7-6-8-13-17/h6-8,12-13H,4-5,9-11,14-16H2,1-3H3/t18-,19-/m1/s1. The molecular weight excluding hydrogens is 228 g/mol. The lowest BCUT2D eigenvalue weighted by Gasteiger charge is -2.51. The van der Waals surface area contributed by atoms with Crippen molar-refractivity contribution in [2.24, 2.45) is 5.41 Å². The van der Waals surface area contributed by atoms with Crippen LogP contribution in [0.2, 0.25) is 0 Å². The summed E-state index contributed by atoms with van der Waals surface area (Å²) in [5, 5.41) is 0. The Morgan fingerprint density at radius 1 is 0.947 bits per heavy atom. The van der Waals surface area contributed by atoms with E-state index in [9.17, 15) is 0 Å². The molecule has 1 aliphatic carbocycles. The zero-order valence-corrected chi connectivity index (χ0v) is 13.0. The quantitative estimate of drug-likeness (QED) is 0.559. The van der Waals surface area contributed by atoms with Crippen LogP contribution in [-0.4, -0.2) is 0 Å². The minimum atomic E-state index is 0.375. The van der Waals surface area contributed by atoms with E-state index in [1.807, 2.05) is 0 Å². The summed E-state index contributed by atoms with van der Waals surface area (Å²) in [6.45, 7) is 7.38. The molecule has 0 unspecified atom stereocenters. The lowest BCUT2D eigenvalue weighted by molar-refractivity contribution is 0.0745. The fraction of sp³-hybridized carbons (Fsp3) is 0.684. The molecule has 0 heteroatoms. The molecule has 0 heterocycles. The largest absolute Gasteiger partial charge is 0.0654 e. The molecule has 1 aromatic carbocycles. The van der Waals surface area contributed by atoms with Gasteiger partial charge in [-0.25, -0.2) is 0 Å². The molecule has 0 amide bonds. The van der Waals surface area contributed by atoms with Crippen molar-refractivity contribution in [3.8, 4) is 0 Å². The van der Waals surface area contributed by atoms with E-state index >= 15 is 0 Å². The molecule has 0 aromatic heterocycles. The Morgan fingerprint density at radius 3 is 2.32 bits per heavy atom. The van der Waals surface area contributed by atoms with Crippen molar-refractivity contribution >= 4 is 0 Å². The predicted molar refractivity (Wildman–Crippen MR) is 84.5 cm³/mol. The van der Waals surface area contributed by atoms with Crippen molar-refractivity contribution < 1.29 is 0 Å². The van der Waals surface area contributed by atoms with E-state index < -0.39 is 0 Å². The summed E-state index contributed by atoms with van der Waals surface area (Å²) in [6.07, 6.45) is 11.1. The van der Waals surface area contributed by atoms with Crippen LogP contribution in [0.15, 0.2) is 30.3 Å². The van der Waals surface area contributed by atoms with E-state index in [1.165, 1.54) is 51.4 Å². The third-order valence-electron chi connectivity index (χ3n) is 5.73. The average Bonchev–Trinajstić information content (AvgIpc) is 2.44. The molecule has 2 atom stereocenters. The molecule has 1 fully saturated rings. The van der Waals surface area contributed by atoms with Crippen molar-refractivity contribution in [3.63, 3.8) is 0 Å². The Kier molecular flexibility index (Phi) is 4.71. The highest BCUT2D eigenvalue weighted by molar-refractivity contribution is 5.28. The van der Waals surface area contributed by atoms with Gasteiger partial charge in [-0.15, -0.1) is 0 Å². The molecule has 1 aromatic rings. The van der Waals surface area contributed by atoms with Crippen LogP contribution in [0.4, 0.5) is 0 Å². The first-order chi connectivity index (χ1) is 9.12. The molecule has 0 radical (unpaired) electrons. The van der Waals surface area contributed by atoms with Gasteiger partial charge in [0.1, 0.15) is 0 Å². The molecule has 0 aliphatic heterocycles. The van der Waals surface area contributed by atoms with Crippen molar-refractivity contribution in [2.75, 3.05) is 0 Å². The van der Waals surface area contributed by atoms with E-state index in [2.05, 4.69) is 51.1 Å². The van der Waals surface area contributed by atoms with Crippen LogP contribution >= 0.6 is 0 Å². The highest BCUT2D eigenvalue weighted by Crippen LogP contribution is 2.54. The topological polar surface area (TPSA) is 0 Å². The van der Waals surface area contributed by atoms with Gasteiger partial charge in [0.2, 0.25) is 0 Å². The zero-order valence-electron chi connectivity index (χ0n) is 13.0. The SMILES string of the molecule is CCCCC[C@]1(C)CCCC[C@]1(C)c1ccccc1. The summed E-state index contributed by atoms with van der Waals surface area (Å²) < 4.78 is 0. The Hall–Kier alpha value is -0.780. The van der Waals surface area contributed by atoms with Crippen LogP contribution < -0.4 is 0 Å². The molecule has 19 heavy (non-hydrogen) atoms. The molecule has 1 saturated carbocycles. The third kappa shape index (κ3) is 2.88. The van der Waals surface area contributed by atoms with Crippen molar-refractivity contribution in [1.29, 1.82) is 0 Å². The van der Waals surface area contributed by atoms with Crippen LogP contribution in [0.3, 0.4) is 0 Å². The Balaban J connectivity index is 2.23. The summed E-state index contributed by atoms with van der Waals surface area (Å²) in [5.41, 5.74) is 2.43. The van der Waals surface area contributed by atoms with Gasteiger partial charge in [0.15, 0.2) is 0 Å². The normalized spacial score (nSPS) is 31.3. The molecule has 0 spiro atoms. The minimum Gasteiger partial charge on any atom is -0.0654 e.